The van der Waals surface area contributed by atoms with Crippen LogP contribution in [0.15, 0.2) is 0 Å². The molecule has 84 valence electrons. The number of hydrogen-bond donors (Lipinski definition) is 1. The summed E-state index contributed by atoms with van der Waals surface area (Å²) in [7, 11) is 1.66. The van der Waals surface area contributed by atoms with Crippen molar-refractivity contribution in [2.45, 2.75) is 38.4 Å². The summed E-state index contributed by atoms with van der Waals surface area (Å²) in [4.78, 5) is 5.15. The van der Waals surface area contributed by atoms with Crippen LogP contribution in [0.2, 0.25) is 0 Å². The first kappa shape index (κ1) is 11.9. The fourth-order valence-corrected chi connectivity index (χ4v) is 1.57. The van der Waals surface area contributed by atoms with Crippen LogP contribution in [0, 0.1) is 0 Å². The highest BCUT2D eigenvalue weighted by Crippen LogP contribution is 2.28. The summed E-state index contributed by atoms with van der Waals surface area (Å²) in [5, 5.41) is 0. The fraction of sp³-hybridized carbons (Fsp3) is 1.00. The molecule has 4 nitrogen and oxygen atoms in total. The molecule has 1 fully saturated rings. The Hall–Kier alpha value is -0.160. The van der Waals surface area contributed by atoms with Gasteiger partial charge in [0.1, 0.15) is 0 Å². The second-order valence-corrected chi connectivity index (χ2v) is 4.23. The molecule has 0 spiro atoms. The van der Waals surface area contributed by atoms with Gasteiger partial charge in [-0.3, -0.25) is 4.84 Å². The van der Waals surface area contributed by atoms with E-state index in [1.165, 1.54) is 0 Å². The van der Waals surface area contributed by atoms with Gasteiger partial charge in [0.15, 0.2) is 0 Å². The average Bonchev–Trinajstić information content (AvgIpc) is 2.45. The van der Waals surface area contributed by atoms with Crippen molar-refractivity contribution in [1.29, 1.82) is 0 Å². The summed E-state index contributed by atoms with van der Waals surface area (Å²) in [5.41, 5.74) is 2.94. The van der Waals surface area contributed by atoms with Crippen molar-refractivity contribution in [3.63, 3.8) is 0 Å². The Labute approximate surface area is 85.9 Å². The minimum atomic E-state index is 0.0406. The van der Waals surface area contributed by atoms with Crippen LogP contribution < -0.4 is 5.48 Å². The molecule has 1 unspecified atom stereocenters. The molecule has 4 heteroatoms. The van der Waals surface area contributed by atoms with Gasteiger partial charge in [-0.05, 0) is 26.7 Å². The van der Waals surface area contributed by atoms with Crippen LogP contribution in [0.1, 0.15) is 26.7 Å². The molecular weight excluding hydrogens is 182 g/mol. The molecule has 0 aromatic carbocycles. The molecule has 14 heavy (non-hydrogen) atoms. The maximum Gasteiger partial charge on any atom is 0.0915 e. The van der Waals surface area contributed by atoms with Crippen molar-refractivity contribution >= 4 is 0 Å². The lowest BCUT2D eigenvalue weighted by molar-refractivity contribution is -0.0500. The van der Waals surface area contributed by atoms with E-state index in [1.807, 2.05) is 0 Å². The second-order valence-electron chi connectivity index (χ2n) is 4.23. The standard InChI is InChI=1S/C10H21NO3/c1-10(2)5-4-9(14-10)8-11-13-7-6-12-3/h9,11H,4-8H2,1-3H3. The normalized spacial score (nSPS) is 25.5. The van der Waals surface area contributed by atoms with Crippen molar-refractivity contribution in [3.05, 3.63) is 0 Å². The van der Waals surface area contributed by atoms with Gasteiger partial charge < -0.3 is 9.47 Å². The molecule has 1 aliphatic heterocycles. The summed E-state index contributed by atoms with van der Waals surface area (Å²) >= 11 is 0. The minimum Gasteiger partial charge on any atom is -0.382 e. The maximum absolute atomic E-state index is 5.78. The van der Waals surface area contributed by atoms with Gasteiger partial charge in [-0.25, -0.2) is 0 Å². The summed E-state index contributed by atoms with van der Waals surface area (Å²) < 4.78 is 10.6. The molecule has 0 aromatic rings. The molecule has 0 saturated carbocycles. The van der Waals surface area contributed by atoms with E-state index in [4.69, 9.17) is 14.3 Å². The first-order valence-corrected chi connectivity index (χ1v) is 5.15. The van der Waals surface area contributed by atoms with E-state index in [-0.39, 0.29) is 11.7 Å². The largest absolute Gasteiger partial charge is 0.382 e. The number of ether oxygens (including phenoxy) is 2. The quantitative estimate of drug-likeness (QED) is 0.518. The number of rotatable bonds is 6. The van der Waals surface area contributed by atoms with Crippen molar-refractivity contribution in [3.8, 4) is 0 Å². The predicted octanol–water partition coefficient (Wildman–Crippen LogP) is 1.11. The van der Waals surface area contributed by atoms with Crippen molar-refractivity contribution in [1.82, 2.24) is 5.48 Å². The minimum absolute atomic E-state index is 0.0406. The zero-order valence-corrected chi connectivity index (χ0v) is 9.34. The Kier molecular flexibility index (Phi) is 4.81. The molecule has 1 aliphatic rings. The van der Waals surface area contributed by atoms with Gasteiger partial charge in [0.25, 0.3) is 0 Å². The number of hydroxylamine groups is 1. The third-order valence-electron chi connectivity index (χ3n) is 2.36. The molecule has 1 N–H and O–H groups in total. The van der Waals surface area contributed by atoms with E-state index in [0.29, 0.717) is 13.2 Å². The van der Waals surface area contributed by atoms with E-state index in [0.717, 1.165) is 19.4 Å². The topological polar surface area (TPSA) is 39.7 Å². The Morgan fingerprint density at radius 3 is 2.79 bits per heavy atom. The van der Waals surface area contributed by atoms with E-state index >= 15 is 0 Å². The van der Waals surface area contributed by atoms with Crippen LogP contribution in [-0.2, 0) is 14.3 Å². The van der Waals surface area contributed by atoms with E-state index in [9.17, 15) is 0 Å². The Morgan fingerprint density at radius 2 is 2.21 bits per heavy atom. The van der Waals surface area contributed by atoms with E-state index < -0.39 is 0 Å². The van der Waals surface area contributed by atoms with Gasteiger partial charge in [-0.1, -0.05) is 0 Å². The zero-order valence-electron chi connectivity index (χ0n) is 9.34. The van der Waals surface area contributed by atoms with Crippen LogP contribution in [0.25, 0.3) is 0 Å². The monoisotopic (exact) mass is 203 g/mol. The molecule has 1 heterocycles. The molecule has 0 bridgehead atoms. The fourth-order valence-electron chi connectivity index (χ4n) is 1.57. The summed E-state index contributed by atoms with van der Waals surface area (Å²) in [6.07, 6.45) is 2.51. The number of nitrogens with one attached hydrogen (secondary N) is 1. The third kappa shape index (κ3) is 4.37. The molecule has 0 aromatic heterocycles. The maximum atomic E-state index is 5.78. The van der Waals surface area contributed by atoms with Crippen LogP contribution in [0.3, 0.4) is 0 Å². The third-order valence-corrected chi connectivity index (χ3v) is 2.36. The summed E-state index contributed by atoms with van der Waals surface area (Å²) in [6.45, 7) is 6.20. The number of methoxy groups -OCH3 is 1. The van der Waals surface area contributed by atoms with Gasteiger partial charge in [0.2, 0.25) is 0 Å². The zero-order chi connectivity index (χ0) is 10.4. The molecular formula is C10H21NO3. The smallest absolute Gasteiger partial charge is 0.0915 e. The van der Waals surface area contributed by atoms with Crippen molar-refractivity contribution < 1.29 is 14.3 Å². The highest BCUT2D eigenvalue weighted by Gasteiger charge is 2.31. The summed E-state index contributed by atoms with van der Waals surface area (Å²) in [6, 6.07) is 0. The molecule has 1 rings (SSSR count). The summed E-state index contributed by atoms with van der Waals surface area (Å²) in [5.74, 6) is 0. The molecule has 0 radical (unpaired) electrons. The molecule has 1 saturated heterocycles. The highest BCUT2D eigenvalue weighted by molar-refractivity contribution is 4.81. The highest BCUT2D eigenvalue weighted by atomic mass is 16.7. The van der Waals surface area contributed by atoms with Gasteiger partial charge in [-0.2, -0.15) is 5.48 Å². The lowest BCUT2D eigenvalue weighted by Crippen LogP contribution is -2.30. The lowest BCUT2D eigenvalue weighted by Gasteiger charge is -2.19. The molecule has 1 atom stereocenters. The van der Waals surface area contributed by atoms with Crippen molar-refractivity contribution in [2.24, 2.45) is 0 Å². The van der Waals surface area contributed by atoms with Gasteiger partial charge >= 0.3 is 0 Å². The van der Waals surface area contributed by atoms with E-state index in [2.05, 4.69) is 19.3 Å². The van der Waals surface area contributed by atoms with Crippen LogP contribution in [-0.4, -0.2) is 38.6 Å². The molecule has 0 aliphatic carbocycles. The van der Waals surface area contributed by atoms with Crippen molar-refractivity contribution in [2.75, 3.05) is 26.9 Å². The van der Waals surface area contributed by atoms with Crippen LogP contribution >= 0.6 is 0 Å². The Bertz CT molecular complexity index is 161. The van der Waals surface area contributed by atoms with Crippen LogP contribution in [0.5, 0.6) is 0 Å². The van der Waals surface area contributed by atoms with Gasteiger partial charge in [0.05, 0.1) is 24.9 Å². The Morgan fingerprint density at radius 1 is 1.43 bits per heavy atom. The van der Waals surface area contributed by atoms with Gasteiger partial charge in [0, 0.05) is 13.7 Å². The lowest BCUT2D eigenvalue weighted by atomic mass is 10.1. The molecule has 0 amide bonds. The number of hydrogen-bond acceptors (Lipinski definition) is 4. The average molecular weight is 203 g/mol. The first-order valence-electron chi connectivity index (χ1n) is 5.15. The van der Waals surface area contributed by atoms with Crippen LogP contribution in [0.4, 0.5) is 0 Å². The SMILES string of the molecule is COCCONCC1CCC(C)(C)O1. The predicted molar refractivity (Wildman–Crippen MR) is 54.0 cm³/mol. The van der Waals surface area contributed by atoms with Gasteiger partial charge in [-0.15, -0.1) is 0 Å². The second kappa shape index (κ2) is 5.66. The Balaban J connectivity index is 1.98. The first-order chi connectivity index (χ1) is 6.64. The van der Waals surface area contributed by atoms with E-state index in [1.54, 1.807) is 7.11 Å².